The summed E-state index contributed by atoms with van der Waals surface area (Å²) in [6.07, 6.45) is 1.92. The second-order valence-electron chi connectivity index (χ2n) is 3.33. The summed E-state index contributed by atoms with van der Waals surface area (Å²) in [7, 11) is 0. The van der Waals surface area contributed by atoms with Crippen LogP contribution in [0.5, 0.6) is 0 Å². The molecule has 1 aliphatic rings. The van der Waals surface area contributed by atoms with Gasteiger partial charge in [-0.2, -0.15) is 0 Å². The fraction of sp³-hybridized carbons (Fsp3) is 0.875. The van der Waals surface area contributed by atoms with E-state index in [1.807, 2.05) is 4.90 Å². The van der Waals surface area contributed by atoms with Crippen molar-refractivity contribution in [3.05, 3.63) is 0 Å². The molecule has 0 radical (unpaired) electrons. The van der Waals surface area contributed by atoms with E-state index in [-0.39, 0.29) is 0 Å². The summed E-state index contributed by atoms with van der Waals surface area (Å²) in [5.41, 5.74) is 0. The number of nitrogens with zero attached hydrogens (tertiary/aromatic N) is 1. The highest BCUT2D eigenvalue weighted by atomic mass is 16.2. The van der Waals surface area contributed by atoms with Crippen LogP contribution in [-0.4, -0.2) is 23.9 Å². The van der Waals surface area contributed by atoms with Crippen molar-refractivity contribution in [1.82, 2.24) is 4.90 Å². The van der Waals surface area contributed by atoms with Crippen LogP contribution in [0.3, 0.4) is 0 Å². The number of hydrogen-bond donors (Lipinski definition) is 0. The monoisotopic (exact) mass is 141 g/mol. The lowest BCUT2D eigenvalue weighted by Gasteiger charge is -2.31. The Bertz CT molecular complexity index is 127. The second kappa shape index (κ2) is 3.04. The molecular weight excluding hydrogens is 126 g/mol. The average Bonchev–Trinajstić information content (AvgIpc) is 1.55. The first-order valence-electron chi connectivity index (χ1n) is 3.98. The maximum Gasteiger partial charge on any atom is 0.222 e. The smallest absolute Gasteiger partial charge is 0.222 e. The van der Waals surface area contributed by atoms with Crippen LogP contribution >= 0.6 is 0 Å². The fourth-order valence-corrected chi connectivity index (χ4v) is 1.04. The van der Waals surface area contributed by atoms with Crippen LogP contribution in [-0.2, 0) is 4.79 Å². The Morgan fingerprint density at radius 1 is 1.50 bits per heavy atom. The Hall–Kier alpha value is -0.530. The van der Waals surface area contributed by atoms with Crippen molar-refractivity contribution in [3.63, 3.8) is 0 Å². The zero-order valence-corrected chi connectivity index (χ0v) is 6.76. The van der Waals surface area contributed by atoms with Gasteiger partial charge in [0.2, 0.25) is 5.91 Å². The summed E-state index contributed by atoms with van der Waals surface area (Å²) >= 11 is 0. The van der Waals surface area contributed by atoms with E-state index in [0.29, 0.717) is 11.8 Å². The first kappa shape index (κ1) is 7.58. The molecule has 0 aromatic heterocycles. The zero-order chi connectivity index (χ0) is 7.56. The fourth-order valence-electron chi connectivity index (χ4n) is 1.04. The quantitative estimate of drug-likeness (QED) is 0.567. The third-order valence-corrected chi connectivity index (χ3v) is 1.79. The highest BCUT2D eigenvalue weighted by Gasteiger charge is 2.19. The second-order valence-corrected chi connectivity index (χ2v) is 3.33. The van der Waals surface area contributed by atoms with Gasteiger partial charge in [-0.1, -0.05) is 13.8 Å². The molecule has 0 aromatic carbocycles. The molecule has 1 saturated heterocycles. The summed E-state index contributed by atoms with van der Waals surface area (Å²) < 4.78 is 0. The minimum Gasteiger partial charge on any atom is -0.343 e. The van der Waals surface area contributed by atoms with E-state index >= 15 is 0 Å². The van der Waals surface area contributed by atoms with Crippen molar-refractivity contribution in [2.24, 2.45) is 5.92 Å². The van der Waals surface area contributed by atoms with E-state index in [0.717, 1.165) is 19.5 Å². The van der Waals surface area contributed by atoms with Gasteiger partial charge < -0.3 is 4.90 Å². The molecule has 0 unspecified atom stereocenters. The molecule has 1 aliphatic heterocycles. The zero-order valence-electron chi connectivity index (χ0n) is 6.76. The molecule has 1 rings (SSSR count). The summed E-state index contributed by atoms with van der Waals surface area (Å²) in [4.78, 5) is 13.1. The number of carbonyl (C=O) groups is 1. The van der Waals surface area contributed by atoms with Gasteiger partial charge in [0.1, 0.15) is 0 Å². The molecule has 0 aliphatic carbocycles. The number of amides is 1. The summed E-state index contributed by atoms with van der Waals surface area (Å²) in [6, 6.07) is 0. The van der Waals surface area contributed by atoms with Crippen molar-refractivity contribution >= 4 is 5.91 Å². The molecule has 0 saturated carbocycles. The molecule has 1 amide bonds. The lowest BCUT2D eigenvalue weighted by atomic mass is 10.1. The Balaban J connectivity index is 2.20. The van der Waals surface area contributed by atoms with Crippen LogP contribution in [0.25, 0.3) is 0 Å². The van der Waals surface area contributed by atoms with Gasteiger partial charge in [-0.15, -0.1) is 0 Å². The first-order chi connectivity index (χ1) is 4.70. The molecule has 58 valence electrons. The van der Waals surface area contributed by atoms with E-state index in [9.17, 15) is 4.79 Å². The molecule has 0 N–H and O–H groups in total. The Labute approximate surface area is 62.2 Å². The molecule has 0 aromatic rings. The number of hydrogen-bond acceptors (Lipinski definition) is 1. The van der Waals surface area contributed by atoms with Gasteiger partial charge in [0.05, 0.1) is 0 Å². The van der Waals surface area contributed by atoms with Gasteiger partial charge >= 0.3 is 0 Å². The van der Waals surface area contributed by atoms with Crippen LogP contribution in [0, 0.1) is 5.92 Å². The normalized spacial score (nSPS) is 17.3. The number of likely N-dealkylation sites (tertiary alicyclic amines) is 1. The molecule has 10 heavy (non-hydrogen) atoms. The van der Waals surface area contributed by atoms with Crippen molar-refractivity contribution < 1.29 is 4.79 Å². The summed E-state index contributed by atoms with van der Waals surface area (Å²) in [5.74, 6) is 0.842. The van der Waals surface area contributed by atoms with Crippen molar-refractivity contribution in [2.75, 3.05) is 13.1 Å². The Morgan fingerprint density at radius 3 is 2.40 bits per heavy atom. The van der Waals surface area contributed by atoms with Crippen LogP contribution in [0.15, 0.2) is 0 Å². The van der Waals surface area contributed by atoms with Gasteiger partial charge in [0.25, 0.3) is 0 Å². The highest BCUT2D eigenvalue weighted by Crippen LogP contribution is 2.10. The van der Waals surface area contributed by atoms with Crippen LogP contribution in [0.1, 0.15) is 26.7 Å². The van der Waals surface area contributed by atoms with E-state index in [4.69, 9.17) is 0 Å². The van der Waals surface area contributed by atoms with Crippen molar-refractivity contribution in [3.8, 4) is 0 Å². The SMILES string of the molecule is CC(C)CC(=O)N1CCC1. The van der Waals surface area contributed by atoms with E-state index in [2.05, 4.69) is 13.8 Å². The topological polar surface area (TPSA) is 20.3 Å². The van der Waals surface area contributed by atoms with Gasteiger partial charge in [0.15, 0.2) is 0 Å². The molecule has 1 heterocycles. The van der Waals surface area contributed by atoms with Crippen LogP contribution in [0.2, 0.25) is 0 Å². The van der Waals surface area contributed by atoms with Crippen molar-refractivity contribution in [2.45, 2.75) is 26.7 Å². The lowest BCUT2D eigenvalue weighted by molar-refractivity contribution is -0.135. The summed E-state index contributed by atoms with van der Waals surface area (Å²) in [6.45, 7) is 6.15. The molecule has 0 bridgehead atoms. The average molecular weight is 141 g/mol. The molecule has 2 heteroatoms. The maximum atomic E-state index is 11.2. The third-order valence-electron chi connectivity index (χ3n) is 1.79. The van der Waals surface area contributed by atoms with E-state index in [1.165, 1.54) is 6.42 Å². The molecule has 2 nitrogen and oxygen atoms in total. The Kier molecular flexibility index (Phi) is 2.30. The largest absolute Gasteiger partial charge is 0.343 e. The van der Waals surface area contributed by atoms with Gasteiger partial charge in [-0.05, 0) is 12.3 Å². The van der Waals surface area contributed by atoms with E-state index in [1.54, 1.807) is 0 Å². The molecule has 1 fully saturated rings. The number of carbonyl (C=O) groups excluding carboxylic acids is 1. The van der Waals surface area contributed by atoms with Crippen molar-refractivity contribution in [1.29, 1.82) is 0 Å². The first-order valence-corrected chi connectivity index (χ1v) is 3.98. The Morgan fingerprint density at radius 2 is 2.10 bits per heavy atom. The third kappa shape index (κ3) is 1.72. The highest BCUT2D eigenvalue weighted by molar-refractivity contribution is 5.76. The van der Waals surface area contributed by atoms with Crippen LogP contribution < -0.4 is 0 Å². The molecular formula is C8H15NO. The standard InChI is InChI=1S/C8H15NO/c1-7(2)6-8(10)9-4-3-5-9/h7H,3-6H2,1-2H3. The maximum absolute atomic E-state index is 11.2. The predicted octanol–water partition coefficient (Wildman–Crippen LogP) is 1.26. The van der Waals surface area contributed by atoms with Gasteiger partial charge in [-0.25, -0.2) is 0 Å². The number of rotatable bonds is 2. The molecule has 0 spiro atoms. The van der Waals surface area contributed by atoms with Gasteiger partial charge in [-0.3, -0.25) is 4.79 Å². The van der Waals surface area contributed by atoms with Gasteiger partial charge in [0, 0.05) is 19.5 Å². The lowest BCUT2D eigenvalue weighted by Crippen LogP contribution is -2.42. The minimum absolute atomic E-state index is 0.334. The van der Waals surface area contributed by atoms with Crippen LogP contribution in [0.4, 0.5) is 0 Å². The van der Waals surface area contributed by atoms with E-state index < -0.39 is 0 Å². The molecule has 0 atom stereocenters. The predicted molar refractivity (Wildman–Crippen MR) is 40.7 cm³/mol. The minimum atomic E-state index is 0.334. The summed E-state index contributed by atoms with van der Waals surface area (Å²) in [5, 5.41) is 0.